The second-order valence-electron chi connectivity index (χ2n) is 11.6. The highest BCUT2D eigenvalue weighted by Gasteiger charge is 2.38. The minimum Gasteiger partial charge on any atom is -0.0667 e. The first-order chi connectivity index (χ1) is 21.9. The Morgan fingerprint density at radius 2 is 0.727 bits per heavy atom. The molecule has 0 saturated heterocycles. The number of hydrogen-bond acceptors (Lipinski definition) is 0. The van der Waals surface area contributed by atoms with E-state index in [2.05, 4.69) is 182 Å². The van der Waals surface area contributed by atoms with Crippen molar-refractivity contribution >= 4 is 23.1 Å². The Balaban J connectivity index is 1.48. The molecule has 0 bridgehead atoms. The van der Waals surface area contributed by atoms with Gasteiger partial charge < -0.3 is 0 Å². The highest BCUT2D eigenvalue weighted by atomic mass is 14.3. The molecule has 7 aromatic rings. The average molecular weight is 559 g/mol. The van der Waals surface area contributed by atoms with E-state index in [0.29, 0.717) is 0 Å². The van der Waals surface area contributed by atoms with Gasteiger partial charge in [-0.05, 0) is 62.2 Å². The maximum absolute atomic E-state index is 2.42. The fourth-order valence-corrected chi connectivity index (χ4v) is 7.20. The van der Waals surface area contributed by atoms with Gasteiger partial charge in [0.2, 0.25) is 6.71 Å². The molecule has 1 aliphatic rings. The van der Waals surface area contributed by atoms with Gasteiger partial charge in [-0.15, -0.1) is 0 Å². The molecule has 0 unspecified atom stereocenters. The van der Waals surface area contributed by atoms with Crippen molar-refractivity contribution in [2.24, 2.45) is 0 Å². The minimum absolute atomic E-state index is 0.0672. The topological polar surface area (TPSA) is 0 Å². The number of benzene rings is 7. The van der Waals surface area contributed by atoms with Crippen LogP contribution in [0.25, 0.3) is 33.4 Å². The standard InChI is InChI=1S/C43H31B/c1-5-17-31(18-6-1)35-29-38(32-19-7-2-8-20-32)43(39(30-35)33-21-9-3-10-22-33)44-40-27-15-13-25-36(40)42(34-23-11-4-12-24-34)37-26-14-16-28-41(37)44/h1-30,42H. The number of fused-ring (bicyclic) bond motifs is 2. The summed E-state index contributed by atoms with van der Waals surface area (Å²) in [5, 5.41) is 0. The quantitative estimate of drug-likeness (QED) is 0.185. The molecule has 0 nitrogen and oxygen atoms in total. The highest BCUT2D eigenvalue weighted by molar-refractivity contribution is 6.98. The minimum atomic E-state index is 0.0672. The molecule has 0 amide bonds. The van der Waals surface area contributed by atoms with Crippen LogP contribution in [0.5, 0.6) is 0 Å². The molecule has 1 aliphatic heterocycles. The van der Waals surface area contributed by atoms with Crippen molar-refractivity contribution in [1.29, 1.82) is 0 Å². The van der Waals surface area contributed by atoms with Crippen LogP contribution in [0.3, 0.4) is 0 Å². The lowest BCUT2D eigenvalue weighted by atomic mass is 9.31. The maximum Gasteiger partial charge on any atom is 0.243 e. The van der Waals surface area contributed by atoms with Crippen LogP contribution in [-0.2, 0) is 0 Å². The molecule has 0 atom stereocenters. The predicted molar refractivity (Wildman–Crippen MR) is 188 cm³/mol. The van der Waals surface area contributed by atoms with Gasteiger partial charge >= 0.3 is 0 Å². The van der Waals surface area contributed by atoms with Crippen LogP contribution < -0.4 is 16.4 Å². The molecule has 0 spiro atoms. The summed E-state index contributed by atoms with van der Waals surface area (Å²) < 4.78 is 0. The van der Waals surface area contributed by atoms with Gasteiger partial charge in [-0.25, -0.2) is 0 Å². The van der Waals surface area contributed by atoms with Crippen LogP contribution in [0.2, 0.25) is 0 Å². The summed E-state index contributed by atoms with van der Waals surface area (Å²) in [6, 6.07) is 66.7. The molecule has 44 heavy (non-hydrogen) atoms. The first-order valence-corrected chi connectivity index (χ1v) is 15.4. The van der Waals surface area contributed by atoms with E-state index in [-0.39, 0.29) is 12.6 Å². The van der Waals surface area contributed by atoms with Gasteiger partial charge in [-0.2, -0.15) is 0 Å². The summed E-state index contributed by atoms with van der Waals surface area (Å²) in [7, 11) is 0. The Labute approximate surface area is 260 Å². The van der Waals surface area contributed by atoms with E-state index in [1.54, 1.807) is 0 Å². The van der Waals surface area contributed by atoms with Gasteiger partial charge in [0.25, 0.3) is 0 Å². The third kappa shape index (κ3) is 4.58. The summed E-state index contributed by atoms with van der Waals surface area (Å²) in [6.07, 6.45) is 0. The summed E-state index contributed by atoms with van der Waals surface area (Å²) in [5.74, 6) is 0.184. The zero-order chi connectivity index (χ0) is 29.3. The molecule has 0 N–H and O–H groups in total. The van der Waals surface area contributed by atoms with Crippen molar-refractivity contribution in [2.45, 2.75) is 5.92 Å². The van der Waals surface area contributed by atoms with E-state index < -0.39 is 0 Å². The predicted octanol–water partition coefficient (Wildman–Crippen LogP) is 8.70. The van der Waals surface area contributed by atoms with Gasteiger partial charge in [0.15, 0.2) is 0 Å². The fraction of sp³-hybridized carbons (Fsp3) is 0.0233. The molecule has 0 fully saturated rings. The zero-order valence-corrected chi connectivity index (χ0v) is 24.5. The first-order valence-electron chi connectivity index (χ1n) is 15.4. The summed E-state index contributed by atoms with van der Waals surface area (Å²) in [5.41, 5.74) is 15.7. The van der Waals surface area contributed by atoms with E-state index in [0.717, 1.165) is 0 Å². The second-order valence-corrected chi connectivity index (χ2v) is 11.6. The first kappa shape index (κ1) is 26.2. The Morgan fingerprint density at radius 1 is 0.341 bits per heavy atom. The maximum atomic E-state index is 2.42. The number of rotatable bonds is 5. The molecular weight excluding hydrogens is 527 g/mol. The lowest BCUT2D eigenvalue weighted by Crippen LogP contribution is -2.58. The molecule has 0 aromatic heterocycles. The van der Waals surface area contributed by atoms with Crippen LogP contribution in [0.15, 0.2) is 182 Å². The molecular formula is C43H31B. The van der Waals surface area contributed by atoms with E-state index >= 15 is 0 Å². The molecule has 1 heteroatoms. The van der Waals surface area contributed by atoms with Crippen molar-refractivity contribution in [2.75, 3.05) is 0 Å². The Hall–Kier alpha value is -5.40. The van der Waals surface area contributed by atoms with Crippen LogP contribution in [0, 0.1) is 0 Å². The molecule has 1 heterocycles. The Kier molecular flexibility index (Phi) is 6.78. The molecule has 206 valence electrons. The van der Waals surface area contributed by atoms with Crippen LogP contribution in [-0.4, -0.2) is 6.71 Å². The Bertz CT molecular complexity index is 1940. The van der Waals surface area contributed by atoms with Crippen LogP contribution >= 0.6 is 0 Å². The van der Waals surface area contributed by atoms with E-state index in [1.165, 1.54) is 66.5 Å². The van der Waals surface area contributed by atoms with Crippen molar-refractivity contribution in [1.82, 2.24) is 0 Å². The lowest BCUT2D eigenvalue weighted by molar-refractivity contribution is 0.986. The van der Waals surface area contributed by atoms with Gasteiger partial charge in [0.1, 0.15) is 0 Å². The van der Waals surface area contributed by atoms with Gasteiger partial charge in [0, 0.05) is 5.92 Å². The summed E-state index contributed by atoms with van der Waals surface area (Å²) in [4.78, 5) is 0. The van der Waals surface area contributed by atoms with E-state index in [9.17, 15) is 0 Å². The largest absolute Gasteiger partial charge is 0.243 e. The van der Waals surface area contributed by atoms with Crippen molar-refractivity contribution in [3.8, 4) is 33.4 Å². The SMILES string of the molecule is c1ccc(-c2cc(-c3ccccc3)c(B3c4ccccc4C(c4ccccc4)c4ccccc43)c(-c3ccccc3)c2)cc1. The van der Waals surface area contributed by atoms with Crippen molar-refractivity contribution < 1.29 is 0 Å². The van der Waals surface area contributed by atoms with Crippen LogP contribution in [0.4, 0.5) is 0 Å². The highest BCUT2D eigenvalue weighted by Crippen LogP contribution is 2.36. The monoisotopic (exact) mass is 558 g/mol. The van der Waals surface area contributed by atoms with Gasteiger partial charge in [0.05, 0.1) is 0 Å². The second kappa shape index (κ2) is 11.4. The number of hydrogen-bond donors (Lipinski definition) is 0. The molecule has 0 radical (unpaired) electrons. The van der Waals surface area contributed by atoms with E-state index in [1.807, 2.05) is 0 Å². The lowest BCUT2D eigenvalue weighted by Gasteiger charge is -2.35. The smallest absolute Gasteiger partial charge is 0.0667 e. The average Bonchev–Trinajstić information content (AvgIpc) is 3.11. The molecule has 0 saturated carbocycles. The molecule has 0 aliphatic carbocycles. The molecule has 7 aromatic carbocycles. The van der Waals surface area contributed by atoms with Crippen LogP contribution in [0.1, 0.15) is 22.6 Å². The molecule has 8 rings (SSSR count). The summed E-state index contributed by atoms with van der Waals surface area (Å²) in [6.45, 7) is 0.0672. The third-order valence-electron chi connectivity index (χ3n) is 9.11. The van der Waals surface area contributed by atoms with E-state index in [4.69, 9.17) is 0 Å². The summed E-state index contributed by atoms with van der Waals surface area (Å²) >= 11 is 0. The normalized spacial score (nSPS) is 12.4. The van der Waals surface area contributed by atoms with Crippen molar-refractivity contribution in [3.05, 3.63) is 199 Å². The van der Waals surface area contributed by atoms with Gasteiger partial charge in [-0.1, -0.05) is 186 Å². The fourth-order valence-electron chi connectivity index (χ4n) is 7.20. The van der Waals surface area contributed by atoms with Gasteiger partial charge in [-0.3, -0.25) is 0 Å². The third-order valence-corrected chi connectivity index (χ3v) is 9.11. The zero-order valence-electron chi connectivity index (χ0n) is 24.5. The Morgan fingerprint density at radius 3 is 1.20 bits per heavy atom. The van der Waals surface area contributed by atoms with Crippen molar-refractivity contribution in [3.63, 3.8) is 0 Å².